The third kappa shape index (κ3) is 4.48. The van der Waals surface area contributed by atoms with Gasteiger partial charge in [0.05, 0.1) is 0 Å². The quantitative estimate of drug-likeness (QED) is 0.278. The van der Waals surface area contributed by atoms with Gasteiger partial charge in [-0.25, -0.2) is 0 Å². The molecular weight excluding hydrogens is 461 g/mol. The molecule has 0 aromatic heterocycles. The van der Waals surface area contributed by atoms with Crippen molar-refractivity contribution in [3.05, 3.63) is 12.3 Å². The number of allylic oxidation sites excluding steroid dienone is 1. The number of nitrogens with zero attached hydrogens (tertiary/aromatic N) is 1. The Kier molecular flexibility index (Phi) is 6.28. The van der Waals surface area contributed by atoms with Crippen molar-refractivity contribution in [1.82, 2.24) is 4.90 Å². The van der Waals surface area contributed by atoms with E-state index in [0.717, 1.165) is 0 Å². The number of rotatable bonds is 6. The molecule has 168 valence electrons. The van der Waals surface area contributed by atoms with Crippen molar-refractivity contribution in [3.63, 3.8) is 0 Å². The van der Waals surface area contributed by atoms with Crippen LogP contribution in [0.4, 0.5) is 74.6 Å². The third-order valence-electron chi connectivity index (χ3n) is 2.49. The van der Waals surface area contributed by atoms with E-state index >= 15 is 0 Å². The molecule has 0 aromatic carbocycles. The van der Waals surface area contributed by atoms with Gasteiger partial charge in [0, 0.05) is 0 Å². The Labute approximate surface area is 141 Å². The first-order valence-electron chi connectivity index (χ1n) is 5.65. The average Bonchev–Trinajstić information content (AvgIpc) is 2.31. The smallest absolute Gasteiger partial charge is 0.423 e. The first-order valence-corrected chi connectivity index (χ1v) is 5.65. The van der Waals surface area contributed by atoms with Gasteiger partial charge >= 0.3 is 42.8 Å². The average molecular weight is 463 g/mol. The number of alkyl halides is 17. The van der Waals surface area contributed by atoms with Crippen LogP contribution in [-0.2, 0) is 4.74 Å². The Bertz CT molecular complexity index is 567. The lowest BCUT2D eigenvalue weighted by Crippen LogP contribution is -2.72. The first-order chi connectivity index (χ1) is 11.7. The molecule has 0 heterocycles. The summed E-state index contributed by atoms with van der Waals surface area (Å²) in [5.74, 6) is -19.7. The molecule has 0 amide bonds. The number of halogens is 17. The molecule has 2 nitrogen and oxygen atoms in total. The largest absolute Gasteiger partial charge is 0.472 e. The summed E-state index contributed by atoms with van der Waals surface area (Å²) < 4.78 is 214. The van der Waals surface area contributed by atoms with Crippen LogP contribution in [0, 0.1) is 0 Å². The highest BCUT2D eigenvalue weighted by atomic mass is 19.4. The van der Waals surface area contributed by atoms with E-state index in [1.54, 1.807) is 0 Å². The van der Waals surface area contributed by atoms with Crippen LogP contribution in [0.2, 0.25) is 0 Å². The second-order valence-corrected chi connectivity index (χ2v) is 4.50. The molecule has 0 bridgehead atoms. The van der Waals surface area contributed by atoms with Gasteiger partial charge in [0.25, 0.3) is 0 Å². The highest BCUT2D eigenvalue weighted by Gasteiger charge is 2.88. The molecule has 0 aromatic rings. The summed E-state index contributed by atoms with van der Waals surface area (Å²) in [6, 6.07) is -8.18. The van der Waals surface area contributed by atoms with Crippen molar-refractivity contribution < 1.29 is 79.4 Å². The van der Waals surface area contributed by atoms with Crippen LogP contribution < -0.4 is 0 Å². The zero-order valence-corrected chi connectivity index (χ0v) is 12.0. The predicted octanol–water partition coefficient (Wildman–Crippen LogP) is 5.88. The van der Waals surface area contributed by atoms with Crippen molar-refractivity contribution in [2.75, 3.05) is 0 Å². The van der Waals surface area contributed by atoms with E-state index in [4.69, 9.17) is 0 Å². The van der Waals surface area contributed by atoms with Crippen molar-refractivity contribution in [2.45, 2.75) is 42.8 Å². The van der Waals surface area contributed by atoms with Crippen molar-refractivity contribution in [2.24, 2.45) is 0 Å². The molecule has 0 N–H and O–H groups in total. The van der Waals surface area contributed by atoms with Crippen LogP contribution in [0.5, 0.6) is 0 Å². The topological polar surface area (TPSA) is 12.5 Å². The van der Waals surface area contributed by atoms with Crippen LogP contribution in [0.25, 0.3) is 0 Å². The Morgan fingerprint density at radius 1 is 0.571 bits per heavy atom. The first kappa shape index (κ1) is 26.3. The molecule has 0 fully saturated rings. The molecule has 28 heavy (non-hydrogen) atoms. The maximum Gasteiger partial charge on any atom is 0.472 e. The van der Waals surface area contributed by atoms with E-state index in [0.29, 0.717) is 0 Å². The van der Waals surface area contributed by atoms with Crippen LogP contribution >= 0.6 is 0 Å². The maximum absolute atomic E-state index is 13.1. The second-order valence-electron chi connectivity index (χ2n) is 4.50. The minimum atomic E-state index is -8.29. The predicted molar refractivity (Wildman–Crippen MR) is 50.0 cm³/mol. The molecule has 19 heteroatoms. The molecule has 0 aliphatic heterocycles. The number of hydrogen-bond acceptors (Lipinski definition) is 2. The molecule has 0 rings (SSSR count). The maximum atomic E-state index is 13.1. The zero-order valence-electron chi connectivity index (χ0n) is 12.0. The monoisotopic (exact) mass is 463 g/mol. The van der Waals surface area contributed by atoms with Crippen molar-refractivity contribution in [1.29, 1.82) is 0 Å². The van der Waals surface area contributed by atoms with Crippen molar-refractivity contribution in [3.8, 4) is 0 Å². The molecule has 0 unspecified atom stereocenters. The zero-order chi connectivity index (χ0) is 23.4. The fourth-order valence-electron chi connectivity index (χ4n) is 1.25. The van der Waals surface area contributed by atoms with Gasteiger partial charge in [-0.15, -0.1) is 0 Å². The Morgan fingerprint density at radius 3 is 1.14 bits per heavy atom. The van der Waals surface area contributed by atoms with Gasteiger partial charge in [-0.2, -0.15) is 74.6 Å². The van der Waals surface area contributed by atoms with Gasteiger partial charge < -0.3 is 4.74 Å². The number of hydrogen-bond donors (Lipinski definition) is 0. The lowest BCUT2D eigenvalue weighted by molar-refractivity contribution is -0.503. The molecule has 0 atom stereocenters. The van der Waals surface area contributed by atoms with Gasteiger partial charge in [-0.3, -0.25) is 0 Å². The third-order valence-corrected chi connectivity index (χ3v) is 2.49. The molecular formula is C9H2F17NO. The minimum Gasteiger partial charge on any atom is -0.423 e. The summed E-state index contributed by atoms with van der Waals surface area (Å²) in [5, 5.41) is 0. The molecule has 0 spiro atoms. The van der Waals surface area contributed by atoms with Gasteiger partial charge in [0.2, 0.25) is 0 Å². The molecule has 0 saturated carbocycles. The summed E-state index contributed by atoms with van der Waals surface area (Å²) in [5.41, 5.74) is 0. The lowest BCUT2D eigenvalue weighted by Gasteiger charge is -2.41. The van der Waals surface area contributed by atoms with Crippen LogP contribution in [-0.4, -0.2) is 47.7 Å². The van der Waals surface area contributed by atoms with E-state index in [1.165, 1.54) is 6.58 Å². The summed E-state index contributed by atoms with van der Waals surface area (Å²) >= 11 is 0. The van der Waals surface area contributed by atoms with Gasteiger partial charge in [-0.1, -0.05) is 11.5 Å². The fraction of sp³-hybridized carbons (Fsp3) is 0.778. The Hall–Kier alpha value is -1.69. The van der Waals surface area contributed by atoms with E-state index < -0.39 is 53.4 Å². The van der Waals surface area contributed by atoms with E-state index in [-0.39, 0.29) is 0 Å². The summed E-state index contributed by atoms with van der Waals surface area (Å²) in [4.78, 5) is -4.43. The molecule has 0 radical (unpaired) electrons. The SMILES string of the molecule is C=C(OC(F)(F)C(F)(F)C(F)(F)C(F)(F)N(C(F)(F)F)C(F)(F)F)C(F)(F)F. The van der Waals surface area contributed by atoms with Crippen LogP contribution in [0.15, 0.2) is 12.3 Å². The summed E-state index contributed by atoms with van der Waals surface area (Å²) in [7, 11) is 0. The lowest BCUT2D eigenvalue weighted by atomic mass is 10.1. The molecule has 0 aliphatic carbocycles. The standard InChI is InChI=1S/C9H2F17NO/c1-2(3(10,11)12)28-7(19,20)5(15,16)4(13,14)6(17,18)27(8(21,22)23)9(24,25)26/h1H2. The highest BCUT2D eigenvalue weighted by molar-refractivity contribution is 5.04. The summed E-state index contributed by atoms with van der Waals surface area (Å²) in [6.07, 6.45) is -28.7. The van der Waals surface area contributed by atoms with E-state index in [9.17, 15) is 74.6 Å². The Morgan fingerprint density at radius 2 is 0.893 bits per heavy atom. The van der Waals surface area contributed by atoms with Gasteiger partial charge in [-0.05, 0) is 0 Å². The number of ether oxygens (including phenoxy) is 1. The minimum absolute atomic E-state index is 1.52. The van der Waals surface area contributed by atoms with E-state index in [2.05, 4.69) is 0 Å². The molecule has 0 aliphatic rings. The second kappa shape index (κ2) is 6.68. The Balaban J connectivity index is 6.41. The van der Waals surface area contributed by atoms with E-state index in [1.807, 2.05) is 4.74 Å². The normalized spacial score (nSPS) is 15.8. The van der Waals surface area contributed by atoms with Crippen molar-refractivity contribution >= 4 is 0 Å². The highest BCUT2D eigenvalue weighted by Crippen LogP contribution is 2.58. The fourth-order valence-corrected chi connectivity index (χ4v) is 1.25. The van der Waals surface area contributed by atoms with Gasteiger partial charge in [0.15, 0.2) is 5.76 Å². The summed E-state index contributed by atoms with van der Waals surface area (Å²) in [6.45, 7) is 1.52. The molecule has 0 saturated heterocycles. The van der Waals surface area contributed by atoms with Crippen LogP contribution in [0.3, 0.4) is 0 Å². The van der Waals surface area contributed by atoms with Gasteiger partial charge in [0.1, 0.15) is 0 Å². The van der Waals surface area contributed by atoms with Crippen LogP contribution in [0.1, 0.15) is 0 Å².